The van der Waals surface area contributed by atoms with Gasteiger partial charge in [-0.2, -0.15) is 0 Å². The van der Waals surface area contributed by atoms with Crippen LogP contribution in [0.4, 0.5) is 0 Å². The van der Waals surface area contributed by atoms with Crippen LogP contribution in [0.25, 0.3) is 0 Å². The van der Waals surface area contributed by atoms with E-state index in [0.717, 1.165) is 11.1 Å². The van der Waals surface area contributed by atoms with Gasteiger partial charge in [-0.05, 0) is 24.1 Å². The smallest absolute Gasteiger partial charge is 0.338 e. The van der Waals surface area contributed by atoms with Gasteiger partial charge < -0.3 is 39.4 Å². The number of ether oxygens (including phenoxy) is 4. The molecule has 4 N–H and O–H groups in total. The maximum absolute atomic E-state index is 12.6. The summed E-state index contributed by atoms with van der Waals surface area (Å²) in [5.41, 5.74) is 2.04. The lowest BCUT2D eigenvalue weighted by Crippen LogP contribution is -2.60. The first-order valence-corrected chi connectivity index (χ1v) is 12.3. The van der Waals surface area contributed by atoms with Crippen molar-refractivity contribution in [2.45, 2.75) is 62.0 Å². The van der Waals surface area contributed by atoms with Gasteiger partial charge in [0.2, 0.25) is 6.29 Å². The Balaban J connectivity index is 1.51. The second kappa shape index (κ2) is 10.4. The first-order chi connectivity index (χ1) is 17.8. The van der Waals surface area contributed by atoms with Gasteiger partial charge in [-0.1, -0.05) is 24.3 Å². The Kier molecular flexibility index (Phi) is 7.19. The standard InChI is InChI=1S/C27H30O10/c1-34-26(33)16-5-3-2-4-15(16)22-17-8-6-13(29)10-19(17)36-20-11-14(7-9-18(20)22)35-27-25(32)24(31)23(30)21(12-28)37-27/h2-5,7,9,11,17,19,21-25,27-28,30-32H,6,8,10,12H2,1H3/t17?,19?,21-,22?,23-,24+,25-,27-/m1/s1. The molecule has 1 saturated heterocycles. The highest BCUT2D eigenvalue weighted by Crippen LogP contribution is 2.50. The third kappa shape index (κ3) is 4.71. The van der Waals surface area contributed by atoms with Crippen molar-refractivity contribution < 1.29 is 49.0 Å². The zero-order chi connectivity index (χ0) is 26.3. The predicted octanol–water partition coefficient (Wildman–Crippen LogP) is 0.914. The Morgan fingerprint density at radius 3 is 2.59 bits per heavy atom. The summed E-state index contributed by atoms with van der Waals surface area (Å²) in [6.45, 7) is -0.573. The summed E-state index contributed by atoms with van der Waals surface area (Å²) in [4.78, 5) is 24.9. The fraction of sp³-hybridized carbons (Fsp3) is 0.481. The minimum Gasteiger partial charge on any atom is -0.489 e. The summed E-state index contributed by atoms with van der Waals surface area (Å²) in [7, 11) is 1.34. The molecule has 0 spiro atoms. The Bertz CT molecular complexity index is 1160. The quantitative estimate of drug-likeness (QED) is 0.424. The van der Waals surface area contributed by atoms with Crippen LogP contribution >= 0.6 is 0 Å². The first kappa shape index (κ1) is 25.6. The molecule has 2 heterocycles. The minimum atomic E-state index is -1.57. The highest BCUT2D eigenvalue weighted by atomic mass is 16.7. The largest absolute Gasteiger partial charge is 0.489 e. The average molecular weight is 515 g/mol. The van der Waals surface area contributed by atoms with Crippen molar-refractivity contribution in [2.24, 2.45) is 5.92 Å². The third-order valence-corrected chi connectivity index (χ3v) is 7.49. The topological polar surface area (TPSA) is 152 Å². The molecule has 1 saturated carbocycles. The molecule has 5 rings (SSSR count). The molecule has 2 aromatic carbocycles. The zero-order valence-corrected chi connectivity index (χ0v) is 20.2. The van der Waals surface area contributed by atoms with E-state index in [-0.39, 0.29) is 29.8 Å². The van der Waals surface area contributed by atoms with Crippen LogP contribution in [-0.4, -0.2) is 82.7 Å². The zero-order valence-electron chi connectivity index (χ0n) is 20.2. The molecule has 0 radical (unpaired) electrons. The number of hydrogen-bond donors (Lipinski definition) is 4. The Morgan fingerprint density at radius 1 is 1.05 bits per heavy atom. The van der Waals surface area contributed by atoms with Gasteiger partial charge in [0.15, 0.2) is 0 Å². The molecular weight excluding hydrogens is 484 g/mol. The molecule has 10 heteroatoms. The van der Waals surface area contributed by atoms with Crippen molar-refractivity contribution in [3.63, 3.8) is 0 Å². The number of methoxy groups -OCH3 is 1. The van der Waals surface area contributed by atoms with Crippen LogP contribution in [0, 0.1) is 5.92 Å². The number of carbonyl (C=O) groups excluding carboxylic acids is 2. The average Bonchev–Trinajstić information content (AvgIpc) is 2.91. The van der Waals surface area contributed by atoms with Crippen LogP contribution in [0.3, 0.4) is 0 Å². The molecule has 8 atom stereocenters. The van der Waals surface area contributed by atoms with E-state index in [4.69, 9.17) is 18.9 Å². The van der Waals surface area contributed by atoms with E-state index in [1.807, 2.05) is 12.1 Å². The van der Waals surface area contributed by atoms with Crippen LogP contribution in [0.1, 0.15) is 46.7 Å². The van der Waals surface area contributed by atoms with Crippen LogP contribution in [0.2, 0.25) is 0 Å². The molecule has 3 aliphatic rings. The van der Waals surface area contributed by atoms with E-state index >= 15 is 0 Å². The number of Topliss-reactive ketones (excluding diaryl/α,β-unsaturated/α-hetero) is 1. The molecule has 1 aliphatic carbocycles. The van der Waals surface area contributed by atoms with Crippen molar-refractivity contribution in [3.8, 4) is 11.5 Å². The van der Waals surface area contributed by atoms with E-state index in [9.17, 15) is 30.0 Å². The first-order valence-electron chi connectivity index (χ1n) is 12.3. The number of esters is 1. The Morgan fingerprint density at radius 2 is 1.84 bits per heavy atom. The number of aliphatic hydroxyl groups excluding tert-OH is 4. The number of benzene rings is 2. The lowest BCUT2D eigenvalue weighted by atomic mass is 9.69. The minimum absolute atomic E-state index is 0.0341. The van der Waals surface area contributed by atoms with Crippen LogP contribution < -0.4 is 9.47 Å². The molecule has 10 nitrogen and oxygen atoms in total. The van der Waals surface area contributed by atoms with Crippen molar-refractivity contribution in [3.05, 3.63) is 59.2 Å². The van der Waals surface area contributed by atoms with E-state index in [0.29, 0.717) is 24.2 Å². The summed E-state index contributed by atoms with van der Waals surface area (Å²) in [5.74, 6) is 0.103. The van der Waals surface area contributed by atoms with E-state index in [1.54, 1.807) is 30.3 Å². The molecule has 2 fully saturated rings. The summed E-state index contributed by atoms with van der Waals surface area (Å²) in [6, 6.07) is 12.3. The Hall–Kier alpha value is -3.02. The summed E-state index contributed by atoms with van der Waals surface area (Å²) in [6.07, 6.45) is -6.18. The maximum atomic E-state index is 12.6. The van der Waals surface area contributed by atoms with Gasteiger partial charge in [-0.15, -0.1) is 0 Å². The third-order valence-electron chi connectivity index (χ3n) is 7.49. The second-order valence-electron chi connectivity index (χ2n) is 9.67. The summed E-state index contributed by atoms with van der Waals surface area (Å²) < 4.78 is 22.5. The van der Waals surface area contributed by atoms with Gasteiger partial charge in [0.05, 0.1) is 19.3 Å². The fourth-order valence-corrected chi connectivity index (χ4v) is 5.60. The molecule has 198 valence electrons. The van der Waals surface area contributed by atoms with Crippen LogP contribution in [-0.2, 0) is 14.3 Å². The molecule has 0 aromatic heterocycles. The molecule has 0 amide bonds. The normalized spacial score (nSPS) is 33.1. The molecule has 3 unspecified atom stereocenters. The number of aliphatic hydroxyl groups is 4. The fourth-order valence-electron chi connectivity index (χ4n) is 5.60. The lowest BCUT2D eigenvalue weighted by molar-refractivity contribution is -0.277. The lowest BCUT2D eigenvalue weighted by Gasteiger charge is -2.43. The molecule has 37 heavy (non-hydrogen) atoms. The van der Waals surface area contributed by atoms with E-state index in [2.05, 4.69) is 0 Å². The highest BCUT2D eigenvalue weighted by Gasteiger charge is 2.46. The van der Waals surface area contributed by atoms with Gasteiger partial charge in [0.25, 0.3) is 0 Å². The SMILES string of the molecule is COC(=O)c1ccccc1C1c2ccc(O[C@@H]3O[C@H](CO)[C@@H](O)[C@H](O)[C@H]3O)cc2OC2CC(=O)CCC21. The predicted molar refractivity (Wildman–Crippen MR) is 127 cm³/mol. The second-order valence-corrected chi connectivity index (χ2v) is 9.67. The van der Waals surface area contributed by atoms with Crippen molar-refractivity contribution in [1.29, 1.82) is 0 Å². The maximum Gasteiger partial charge on any atom is 0.338 e. The highest BCUT2D eigenvalue weighted by molar-refractivity contribution is 5.91. The Labute approximate surface area is 213 Å². The van der Waals surface area contributed by atoms with Crippen molar-refractivity contribution >= 4 is 11.8 Å². The monoisotopic (exact) mass is 514 g/mol. The number of ketones is 1. The molecule has 2 aromatic rings. The van der Waals surface area contributed by atoms with Crippen LogP contribution in [0.15, 0.2) is 42.5 Å². The molecule has 0 bridgehead atoms. The van der Waals surface area contributed by atoms with Gasteiger partial charge >= 0.3 is 5.97 Å². The van der Waals surface area contributed by atoms with Gasteiger partial charge in [-0.3, -0.25) is 4.79 Å². The van der Waals surface area contributed by atoms with Gasteiger partial charge in [-0.25, -0.2) is 4.79 Å². The summed E-state index contributed by atoms with van der Waals surface area (Å²) in [5, 5.41) is 39.9. The number of fused-ring (bicyclic) bond motifs is 2. The molecular formula is C27H30O10. The summed E-state index contributed by atoms with van der Waals surface area (Å²) >= 11 is 0. The van der Waals surface area contributed by atoms with Crippen molar-refractivity contribution in [1.82, 2.24) is 0 Å². The van der Waals surface area contributed by atoms with E-state index < -0.39 is 49.4 Å². The number of hydrogen-bond acceptors (Lipinski definition) is 10. The van der Waals surface area contributed by atoms with Crippen LogP contribution in [0.5, 0.6) is 11.5 Å². The van der Waals surface area contributed by atoms with E-state index in [1.165, 1.54) is 7.11 Å². The van der Waals surface area contributed by atoms with Gasteiger partial charge in [0, 0.05) is 36.3 Å². The number of carbonyl (C=O) groups is 2. The molecule has 2 aliphatic heterocycles. The van der Waals surface area contributed by atoms with Crippen molar-refractivity contribution in [2.75, 3.05) is 13.7 Å². The van der Waals surface area contributed by atoms with Gasteiger partial charge in [0.1, 0.15) is 47.8 Å². The number of rotatable bonds is 5.